The molecule has 3 unspecified atom stereocenters. The minimum Gasteiger partial charge on any atom is -0.376 e. The molecular weight excluding hydrogens is 304 g/mol. The summed E-state index contributed by atoms with van der Waals surface area (Å²) in [6.07, 6.45) is 3.70. The molecule has 2 amide bonds. The molecule has 24 heavy (non-hydrogen) atoms. The maximum Gasteiger partial charge on any atom is 0.228 e. The first-order valence-corrected chi connectivity index (χ1v) is 8.88. The van der Waals surface area contributed by atoms with Gasteiger partial charge in [-0.15, -0.1) is 0 Å². The third kappa shape index (κ3) is 3.78. The van der Waals surface area contributed by atoms with E-state index < -0.39 is 0 Å². The number of ether oxygens (including phenoxy) is 1. The first-order valence-electron chi connectivity index (χ1n) is 8.88. The van der Waals surface area contributed by atoms with Crippen LogP contribution in [0.25, 0.3) is 0 Å². The first-order chi connectivity index (χ1) is 11.6. The quantitative estimate of drug-likeness (QED) is 0.842. The van der Waals surface area contributed by atoms with Gasteiger partial charge in [-0.3, -0.25) is 9.59 Å². The highest BCUT2D eigenvalue weighted by Crippen LogP contribution is 2.40. The summed E-state index contributed by atoms with van der Waals surface area (Å²) in [5, 5.41) is 5.96. The molecule has 1 aliphatic carbocycles. The lowest BCUT2D eigenvalue weighted by molar-refractivity contribution is -0.125. The fourth-order valence-electron chi connectivity index (χ4n) is 3.34. The third-order valence-electron chi connectivity index (χ3n) is 4.98. The van der Waals surface area contributed by atoms with E-state index in [1.807, 2.05) is 25.1 Å². The molecule has 3 atom stereocenters. The zero-order chi connectivity index (χ0) is 17.1. The van der Waals surface area contributed by atoms with E-state index in [-0.39, 0.29) is 29.8 Å². The SMILES string of the molecule is CCc1cccc(C)c1NC(=O)C1CC1C(=O)NCC1CCCO1. The molecular formula is C19H26N2O3. The lowest BCUT2D eigenvalue weighted by atomic mass is 10.1. The molecule has 0 aromatic heterocycles. The highest BCUT2D eigenvalue weighted by atomic mass is 16.5. The average Bonchev–Trinajstić information content (AvgIpc) is 3.22. The van der Waals surface area contributed by atoms with E-state index in [2.05, 4.69) is 17.6 Å². The number of hydrogen-bond donors (Lipinski definition) is 2. The van der Waals surface area contributed by atoms with Crippen LogP contribution in [0.1, 0.15) is 37.3 Å². The van der Waals surface area contributed by atoms with Gasteiger partial charge in [-0.05, 0) is 43.7 Å². The fraction of sp³-hybridized carbons (Fsp3) is 0.579. The number of para-hydroxylation sites is 1. The van der Waals surface area contributed by atoms with Gasteiger partial charge >= 0.3 is 0 Å². The van der Waals surface area contributed by atoms with Crippen LogP contribution in [0.5, 0.6) is 0 Å². The monoisotopic (exact) mass is 330 g/mol. The number of amides is 2. The number of carbonyl (C=O) groups is 2. The molecule has 2 fully saturated rings. The molecule has 1 aromatic carbocycles. The molecule has 1 saturated carbocycles. The molecule has 0 spiro atoms. The highest BCUT2D eigenvalue weighted by Gasteiger charge is 2.48. The van der Waals surface area contributed by atoms with Crippen molar-refractivity contribution in [3.8, 4) is 0 Å². The summed E-state index contributed by atoms with van der Waals surface area (Å²) in [6, 6.07) is 6.02. The first kappa shape index (κ1) is 17.0. The Morgan fingerprint density at radius 1 is 1.25 bits per heavy atom. The number of rotatable bonds is 6. The molecule has 1 aromatic rings. The topological polar surface area (TPSA) is 67.4 Å². The van der Waals surface area contributed by atoms with E-state index in [4.69, 9.17) is 4.74 Å². The Labute approximate surface area is 143 Å². The predicted molar refractivity (Wildman–Crippen MR) is 92.8 cm³/mol. The van der Waals surface area contributed by atoms with Gasteiger partial charge in [0.05, 0.1) is 17.9 Å². The number of carbonyl (C=O) groups excluding carboxylic acids is 2. The highest BCUT2D eigenvalue weighted by molar-refractivity contribution is 6.00. The Morgan fingerprint density at radius 3 is 2.75 bits per heavy atom. The van der Waals surface area contributed by atoms with Crippen molar-refractivity contribution < 1.29 is 14.3 Å². The molecule has 1 aliphatic heterocycles. The number of hydrogen-bond acceptors (Lipinski definition) is 3. The Hall–Kier alpha value is -1.88. The fourth-order valence-corrected chi connectivity index (χ4v) is 3.34. The van der Waals surface area contributed by atoms with Crippen LogP contribution in [-0.2, 0) is 20.7 Å². The molecule has 3 rings (SSSR count). The second-order valence-corrected chi connectivity index (χ2v) is 6.78. The van der Waals surface area contributed by atoms with Crippen molar-refractivity contribution in [3.05, 3.63) is 29.3 Å². The Bertz CT molecular complexity index is 623. The predicted octanol–water partition coefficient (Wildman–Crippen LogP) is 2.43. The largest absolute Gasteiger partial charge is 0.376 e. The van der Waals surface area contributed by atoms with Crippen molar-refractivity contribution in [2.45, 2.75) is 45.6 Å². The summed E-state index contributed by atoms with van der Waals surface area (Å²) in [7, 11) is 0. The van der Waals surface area contributed by atoms with E-state index in [1.54, 1.807) is 0 Å². The lowest BCUT2D eigenvalue weighted by Gasteiger charge is -2.13. The van der Waals surface area contributed by atoms with E-state index in [9.17, 15) is 9.59 Å². The zero-order valence-corrected chi connectivity index (χ0v) is 14.4. The van der Waals surface area contributed by atoms with Crippen LogP contribution in [0, 0.1) is 18.8 Å². The smallest absolute Gasteiger partial charge is 0.228 e. The van der Waals surface area contributed by atoms with Crippen LogP contribution in [-0.4, -0.2) is 31.1 Å². The second-order valence-electron chi connectivity index (χ2n) is 6.78. The minimum absolute atomic E-state index is 0.0221. The van der Waals surface area contributed by atoms with Gasteiger partial charge in [0.25, 0.3) is 0 Å². The van der Waals surface area contributed by atoms with Crippen molar-refractivity contribution in [1.29, 1.82) is 0 Å². The van der Waals surface area contributed by atoms with Crippen molar-refractivity contribution in [1.82, 2.24) is 5.32 Å². The zero-order valence-electron chi connectivity index (χ0n) is 14.4. The van der Waals surface area contributed by atoms with E-state index in [0.29, 0.717) is 13.0 Å². The standard InChI is InChI=1S/C19H26N2O3/c1-3-13-7-4-6-12(2)17(13)21-19(23)16-10-15(16)18(22)20-11-14-8-5-9-24-14/h4,6-7,14-16H,3,5,8-11H2,1-2H3,(H,20,22)(H,21,23). The average molecular weight is 330 g/mol. The molecule has 1 saturated heterocycles. The van der Waals surface area contributed by atoms with Gasteiger partial charge in [0.15, 0.2) is 0 Å². The molecule has 2 aliphatic rings. The number of benzene rings is 1. The summed E-state index contributed by atoms with van der Waals surface area (Å²) in [4.78, 5) is 24.6. The minimum atomic E-state index is -0.209. The summed E-state index contributed by atoms with van der Waals surface area (Å²) in [5.41, 5.74) is 3.08. The molecule has 5 nitrogen and oxygen atoms in total. The maximum absolute atomic E-state index is 12.5. The molecule has 0 radical (unpaired) electrons. The van der Waals surface area contributed by atoms with E-state index in [0.717, 1.165) is 42.7 Å². The number of aryl methyl sites for hydroxylation is 2. The number of anilines is 1. The summed E-state index contributed by atoms with van der Waals surface area (Å²) in [6.45, 7) is 5.41. The van der Waals surface area contributed by atoms with Crippen LogP contribution in [0.15, 0.2) is 18.2 Å². The van der Waals surface area contributed by atoms with Crippen molar-refractivity contribution in [2.75, 3.05) is 18.5 Å². The molecule has 130 valence electrons. The molecule has 0 bridgehead atoms. The van der Waals surface area contributed by atoms with Crippen LogP contribution in [0.2, 0.25) is 0 Å². The van der Waals surface area contributed by atoms with Gasteiger partial charge in [-0.1, -0.05) is 25.1 Å². The Kier molecular flexibility index (Phi) is 5.19. The molecule has 5 heteroatoms. The van der Waals surface area contributed by atoms with E-state index in [1.165, 1.54) is 0 Å². The maximum atomic E-state index is 12.5. The van der Waals surface area contributed by atoms with Crippen molar-refractivity contribution in [2.24, 2.45) is 11.8 Å². The Balaban J connectivity index is 1.51. The molecule has 1 heterocycles. The van der Waals surface area contributed by atoms with Gasteiger partial charge in [0.1, 0.15) is 0 Å². The van der Waals surface area contributed by atoms with Crippen LogP contribution < -0.4 is 10.6 Å². The molecule has 2 N–H and O–H groups in total. The van der Waals surface area contributed by atoms with Gasteiger partial charge in [0, 0.05) is 18.8 Å². The third-order valence-corrected chi connectivity index (χ3v) is 4.98. The second kappa shape index (κ2) is 7.34. The van der Waals surface area contributed by atoms with Crippen LogP contribution in [0.3, 0.4) is 0 Å². The van der Waals surface area contributed by atoms with Crippen LogP contribution in [0.4, 0.5) is 5.69 Å². The summed E-state index contributed by atoms with van der Waals surface area (Å²) < 4.78 is 5.50. The normalized spacial score (nSPS) is 25.3. The van der Waals surface area contributed by atoms with Gasteiger partial charge in [-0.2, -0.15) is 0 Å². The van der Waals surface area contributed by atoms with Crippen molar-refractivity contribution in [3.63, 3.8) is 0 Å². The van der Waals surface area contributed by atoms with Gasteiger partial charge in [-0.25, -0.2) is 0 Å². The number of nitrogens with one attached hydrogen (secondary N) is 2. The summed E-state index contributed by atoms with van der Waals surface area (Å²) in [5.74, 6) is -0.471. The summed E-state index contributed by atoms with van der Waals surface area (Å²) >= 11 is 0. The lowest BCUT2D eigenvalue weighted by Crippen LogP contribution is -2.33. The van der Waals surface area contributed by atoms with Gasteiger partial charge < -0.3 is 15.4 Å². The van der Waals surface area contributed by atoms with Gasteiger partial charge in [0.2, 0.25) is 11.8 Å². The van der Waals surface area contributed by atoms with Crippen LogP contribution >= 0.6 is 0 Å². The van der Waals surface area contributed by atoms with E-state index >= 15 is 0 Å². The van der Waals surface area contributed by atoms with Crippen molar-refractivity contribution >= 4 is 17.5 Å². The Morgan fingerprint density at radius 2 is 2.04 bits per heavy atom.